The second-order valence-corrected chi connectivity index (χ2v) is 4.91. The molecule has 0 radical (unpaired) electrons. The summed E-state index contributed by atoms with van der Waals surface area (Å²) in [5.74, 6) is -0.682. The Bertz CT molecular complexity index is 499. The maximum absolute atomic E-state index is 11.6. The first-order chi connectivity index (χ1) is 7.96. The van der Waals surface area contributed by atoms with Crippen molar-refractivity contribution in [3.8, 4) is 0 Å². The number of carbonyl (C=O) groups is 1. The van der Waals surface area contributed by atoms with E-state index < -0.39 is 16.1 Å². The maximum atomic E-state index is 11.6. The van der Waals surface area contributed by atoms with Gasteiger partial charge in [0.15, 0.2) is 0 Å². The topological polar surface area (TPSA) is 101 Å². The zero-order valence-corrected chi connectivity index (χ0v) is 10.3. The van der Waals surface area contributed by atoms with Crippen molar-refractivity contribution in [2.45, 2.75) is 13.3 Å². The highest BCUT2D eigenvalue weighted by Crippen LogP contribution is 2.15. The van der Waals surface area contributed by atoms with E-state index in [1.165, 1.54) is 12.1 Å². The van der Waals surface area contributed by atoms with Crippen LogP contribution in [0.1, 0.15) is 23.7 Å². The normalized spacial score (nSPS) is 11.1. The summed E-state index contributed by atoms with van der Waals surface area (Å²) >= 11 is 0. The number of nitrogens with one attached hydrogen (secondary N) is 2. The number of hydrogen-bond acceptors (Lipinski definition) is 3. The Labute approximate surface area is 100 Å². The molecule has 0 spiro atoms. The van der Waals surface area contributed by atoms with Gasteiger partial charge in [-0.15, -0.1) is 0 Å². The fourth-order valence-electron chi connectivity index (χ4n) is 1.20. The number of hydrogen-bond donors (Lipinski definition) is 3. The van der Waals surface area contributed by atoms with E-state index >= 15 is 0 Å². The third-order valence-corrected chi connectivity index (χ3v) is 3.05. The molecular formula is C10H15N3O3S. The van der Waals surface area contributed by atoms with Crippen molar-refractivity contribution in [2.24, 2.45) is 5.73 Å². The highest BCUT2D eigenvalue weighted by molar-refractivity contribution is 7.90. The van der Waals surface area contributed by atoms with Crippen LogP contribution in [-0.4, -0.2) is 20.9 Å². The van der Waals surface area contributed by atoms with Gasteiger partial charge in [-0.05, 0) is 18.6 Å². The molecule has 1 rings (SSSR count). The Morgan fingerprint density at radius 1 is 1.35 bits per heavy atom. The molecule has 0 aliphatic rings. The van der Waals surface area contributed by atoms with Gasteiger partial charge in [0.25, 0.3) is 16.1 Å². The average Bonchev–Trinajstić information content (AvgIpc) is 2.26. The van der Waals surface area contributed by atoms with Crippen LogP contribution in [-0.2, 0) is 10.2 Å². The second-order valence-electron chi connectivity index (χ2n) is 3.41. The number of para-hydroxylation sites is 1. The van der Waals surface area contributed by atoms with E-state index in [2.05, 4.69) is 9.44 Å². The SMILES string of the molecule is CCCNS(=O)(=O)Nc1ccccc1C(N)=O. The smallest absolute Gasteiger partial charge is 0.299 e. The molecular weight excluding hydrogens is 242 g/mol. The molecule has 4 N–H and O–H groups in total. The van der Waals surface area contributed by atoms with E-state index in [1.807, 2.05) is 6.92 Å². The van der Waals surface area contributed by atoms with Crippen molar-refractivity contribution in [1.29, 1.82) is 0 Å². The van der Waals surface area contributed by atoms with Crippen LogP contribution in [0, 0.1) is 0 Å². The molecule has 0 aromatic heterocycles. The van der Waals surface area contributed by atoms with Gasteiger partial charge in [0.1, 0.15) is 0 Å². The van der Waals surface area contributed by atoms with Gasteiger partial charge < -0.3 is 5.73 Å². The lowest BCUT2D eigenvalue weighted by molar-refractivity contribution is 0.100. The van der Waals surface area contributed by atoms with Crippen LogP contribution in [0.5, 0.6) is 0 Å². The molecule has 1 aromatic carbocycles. The van der Waals surface area contributed by atoms with E-state index in [0.29, 0.717) is 13.0 Å². The summed E-state index contributed by atoms with van der Waals surface area (Å²) in [7, 11) is -3.66. The van der Waals surface area contributed by atoms with Gasteiger partial charge in [-0.1, -0.05) is 19.1 Å². The Morgan fingerprint density at radius 3 is 2.59 bits per heavy atom. The fourth-order valence-corrected chi connectivity index (χ4v) is 2.22. The zero-order valence-electron chi connectivity index (χ0n) is 9.43. The van der Waals surface area contributed by atoms with E-state index in [4.69, 9.17) is 5.73 Å². The van der Waals surface area contributed by atoms with E-state index in [0.717, 1.165) is 0 Å². The first kappa shape index (κ1) is 13.5. The third kappa shape index (κ3) is 4.04. The summed E-state index contributed by atoms with van der Waals surface area (Å²) in [5.41, 5.74) is 5.44. The maximum Gasteiger partial charge on any atom is 0.299 e. The predicted octanol–water partition coefficient (Wildman–Crippen LogP) is 0.442. The molecule has 0 fully saturated rings. The lowest BCUT2D eigenvalue weighted by Crippen LogP contribution is -2.31. The van der Waals surface area contributed by atoms with Crippen LogP contribution in [0.15, 0.2) is 24.3 Å². The van der Waals surface area contributed by atoms with Crippen LogP contribution in [0.2, 0.25) is 0 Å². The number of amides is 1. The molecule has 0 saturated carbocycles. The summed E-state index contributed by atoms with van der Waals surface area (Å²) in [6.07, 6.45) is 0.679. The number of rotatable bonds is 6. The molecule has 6 nitrogen and oxygen atoms in total. The Morgan fingerprint density at radius 2 is 2.00 bits per heavy atom. The van der Waals surface area contributed by atoms with E-state index in [-0.39, 0.29) is 11.3 Å². The predicted molar refractivity (Wildman–Crippen MR) is 65.8 cm³/mol. The van der Waals surface area contributed by atoms with Crippen LogP contribution in [0.4, 0.5) is 5.69 Å². The van der Waals surface area contributed by atoms with Crippen LogP contribution >= 0.6 is 0 Å². The molecule has 0 unspecified atom stereocenters. The minimum atomic E-state index is -3.66. The minimum Gasteiger partial charge on any atom is -0.366 e. The molecule has 17 heavy (non-hydrogen) atoms. The third-order valence-electron chi connectivity index (χ3n) is 1.98. The summed E-state index contributed by atoms with van der Waals surface area (Å²) in [5, 5.41) is 0. The van der Waals surface area contributed by atoms with Crippen LogP contribution in [0.3, 0.4) is 0 Å². The average molecular weight is 257 g/mol. The monoisotopic (exact) mass is 257 g/mol. The summed E-state index contributed by atoms with van der Waals surface area (Å²) in [6.45, 7) is 2.17. The molecule has 0 aliphatic heterocycles. The summed E-state index contributed by atoms with van der Waals surface area (Å²) in [4.78, 5) is 11.1. The molecule has 0 heterocycles. The quantitative estimate of drug-likeness (QED) is 0.689. The molecule has 1 aromatic rings. The largest absolute Gasteiger partial charge is 0.366 e. The lowest BCUT2D eigenvalue weighted by atomic mass is 10.2. The lowest BCUT2D eigenvalue weighted by Gasteiger charge is -2.10. The second kappa shape index (κ2) is 5.65. The molecule has 94 valence electrons. The van der Waals surface area contributed by atoms with Crippen molar-refractivity contribution < 1.29 is 13.2 Å². The number of benzene rings is 1. The molecule has 1 amide bonds. The molecule has 0 atom stereocenters. The highest BCUT2D eigenvalue weighted by Gasteiger charge is 2.13. The van der Waals surface area contributed by atoms with Gasteiger partial charge in [0, 0.05) is 6.54 Å². The van der Waals surface area contributed by atoms with Crippen molar-refractivity contribution in [1.82, 2.24) is 4.72 Å². The van der Waals surface area contributed by atoms with Crippen molar-refractivity contribution in [2.75, 3.05) is 11.3 Å². The van der Waals surface area contributed by atoms with E-state index in [9.17, 15) is 13.2 Å². The van der Waals surface area contributed by atoms with Gasteiger partial charge in [0.05, 0.1) is 11.3 Å². The summed E-state index contributed by atoms with van der Waals surface area (Å²) in [6, 6.07) is 6.16. The minimum absolute atomic E-state index is 0.134. The van der Waals surface area contributed by atoms with Gasteiger partial charge in [-0.25, -0.2) is 0 Å². The first-order valence-electron chi connectivity index (χ1n) is 5.12. The van der Waals surface area contributed by atoms with Gasteiger partial charge >= 0.3 is 0 Å². The standard InChI is InChI=1S/C10H15N3O3S/c1-2-7-12-17(15,16)13-9-6-4-3-5-8(9)10(11)14/h3-6,12-13H,2,7H2,1H3,(H2,11,14). The summed E-state index contributed by atoms with van der Waals surface area (Å²) < 4.78 is 27.7. The molecule has 0 bridgehead atoms. The van der Waals surface area contributed by atoms with Crippen LogP contribution < -0.4 is 15.2 Å². The van der Waals surface area contributed by atoms with Gasteiger partial charge in [-0.3, -0.25) is 9.52 Å². The number of primary amides is 1. The zero-order chi connectivity index (χ0) is 12.9. The molecule has 0 aliphatic carbocycles. The van der Waals surface area contributed by atoms with Crippen molar-refractivity contribution >= 4 is 21.8 Å². The Kier molecular flexibility index (Phi) is 4.47. The van der Waals surface area contributed by atoms with Crippen molar-refractivity contribution in [3.63, 3.8) is 0 Å². The fraction of sp³-hybridized carbons (Fsp3) is 0.300. The number of carbonyl (C=O) groups excluding carboxylic acids is 1. The van der Waals surface area contributed by atoms with E-state index in [1.54, 1.807) is 12.1 Å². The van der Waals surface area contributed by atoms with Gasteiger partial charge in [0.2, 0.25) is 0 Å². The number of nitrogens with two attached hydrogens (primary N) is 1. The highest BCUT2D eigenvalue weighted by atomic mass is 32.2. The molecule has 7 heteroatoms. The number of anilines is 1. The Balaban J connectivity index is 2.92. The van der Waals surface area contributed by atoms with Crippen molar-refractivity contribution in [3.05, 3.63) is 29.8 Å². The first-order valence-corrected chi connectivity index (χ1v) is 6.61. The Hall–Kier alpha value is -1.60. The molecule has 0 saturated heterocycles. The van der Waals surface area contributed by atoms with Gasteiger partial charge in [-0.2, -0.15) is 13.1 Å². The van der Waals surface area contributed by atoms with Crippen LogP contribution in [0.25, 0.3) is 0 Å².